The van der Waals surface area contributed by atoms with Crippen molar-refractivity contribution in [2.75, 3.05) is 6.54 Å². The highest BCUT2D eigenvalue weighted by molar-refractivity contribution is 7.89. The maximum absolute atomic E-state index is 12.5. The molecule has 0 aliphatic heterocycles. The largest absolute Gasteiger partial charge is 0.330 e. The van der Waals surface area contributed by atoms with Crippen LogP contribution in [0.3, 0.4) is 0 Å². The number of rotatable bonds is 4. The molecule has 21 heavy (non-hydrogen) atoms. The van der Waals surface area contributed by atoms with E-state index >= 15 is 0 Å². The fourth-order valence-electron chi connectivity index (χ4n) is 2.93. The topological polar surface area (TPSA) is 96.0 Å². The highest BCUT2D eigenvalue weighted by atomic mass is 32.2. The SMILES string of the molecule is Cc1cc(C#N)ccc1S(=O)(=O)N[C@H]1CCCC[C@@H]1CN. The molecule has 2 rings (SSSR count). The minimum absolute atomic E-state index is 0.0937. The van der Waals surface area contributed by atoms with Gasteiger partial charge in [-0.25, -0.2) is 13.1 Å². The van der Waals surface area contributed by atoms with Gasteiger partial charge >= 0.3 is 0 Å². The van der Waals surface area contributed by atoms with Crippen molar-refractivity contribution < 1.29 is 8.42 Å². The molecule has 1 fully saturated rings. The Balaban J connectivity index is 2.24. The van der Waals surface area contributed by atoms with Crippen molar-refractivity contribution in [3.05, 3.63) is 29.3 Å². The van der Waals surface area contributed by atoms with Crippen molar-refractivity contribution in [2.24, 2.45) is 11.7 Å². The third-order valence-electron chi connectivity index (χ3n) is 4.11. The van der Waals surface area contributed by atoms with Crippen LogP contribution in [0, 0.1) is 24.2 Å². The van der Waals surface area contributed by atoms with Crippen LogP contribution in [0.4, 0.5) is 0 Å². The van der Waals surface area contributed by atoms with Crippen LogP contribution in [0.1, 0.15) is 36.8 Å². The molecule has 1 aromatic rings. The minimum atomic E-state index is -3.57. The lowest BCUT2D eigenvalue weighted by atomic mass is 9.85. The Labute approximate surface area is 126 Å². The third kappa shape index (κ3) is 3.62. The van der Waals surface area contributed by atoms with Crippen LogP contribution in [-0.4, -0.2) is 21.0 Å². The van der Waals surface area contributed by atoms with Crippen LogP contribution in [0.2, 0.25) is 0 Å². The number of nitrogens with one attached hydrogen (secondary N) is 1. The summed E-state index contributed by atoms with van der Waals surface area (Å²) < 4.78 is 27.9. The molecule has 5 nitrogen and oxygen atoms in total. The molecule has 0 saturated heterocycles. The van der Waals surface area contributed by atoms with Crippen molar-refractivity contribution in [1.29, 1.82) is 5.26 Å². The summed E-state index contributed by atoms with van der Waals surface area (Å²) in [4.78, 5) is 0.239. The molecule has 0 aromatic heterocycles. The van der Waals surface area contributed by atoms with Crippen LogP contribution >= 0.6 is 0 Å². The summed E-state index contributed by atoms with van der Waals surface area (Å²) >= 11 is 0. The summed E-state index contributed by atoms with van der Waals surface area (Å²) in [5, 5.41) is 8.85. The molecule has 6 heteroatoms. The van der Waals surface area contributed by atoms with Crippen LogP contribution in [0.25, 0.3) is 0 Å². The zero-order chi connectivity index (χ0) is 15.5. The Morgan fingerprint density at radius 3 is 2.71 bits per heavy atom. The van der Waals surface area contributed by atoms with E-state index in [2.05, 4.69) is 4.72 Å². The number of nitrogens with zero attached hydrogens (tertiary/aromatic N) is 1. The van der Waals surface area contributed by atoms with Crippen LogP contribution in [0.15, 0.2) is 23.1 Å². The van der Waals surface area contributed by atoms with Crippen LogP contribution in [0.5, 0.6) is 0 Å². The van der Waals surface area contributed by atoms with Gasteiger partial charge in [-0.3, -0.25) is 0 Å². The molecule has 2 atom stereocenters. The smallest absolute Gasteiger partial charge is 0.241 e. The van der Waals surface area contributed by atoms with Gasteiger partial charge in [-0.15, -0.1) is 0 Å². The lowest BCUT2D eigenvalue weighted by Gasteiger charge is -2.31. The number of aryl methyl sites for hydroxylation is 1. The molecule has 1 aromatic carbocycles. The quantitative estimate of drug-likeness (QED) is 0.884. The van der Waals surface area contributed by atoms with E-state index in [9.17, 15) is 8.42 Å². The van der Waals surface area contributed by atoms with Crippen LogP contribution in [-0.2, 0) is 10.0 Å². The predicted molar refractivity (Wildman–Crippen MR) is 81.0 cm³/mol. The zero-order valence-corrected chi connectivity index (χ0v) is 13.0. The maximum Gasteiger partial charge on any atom is 0.241 e. The summed E-state index contributed by atoms with van der Waals surface area (Å²) in [5.74, 6) is 0.201. The Morgan fingerprint density at radius 1 is 1.38 bits per heavy atom. The molecule has 0 amide bonds. The normalized spacial score (nSPS) is 22.7. The van der Waals surface area contributed by atoms with Gasteiger partial charge in [0.2, 0.25) is 10.0 Å². The average molecular weight is 307 g/mol. The first-order valence-corrected chi connectivity index (χ1v) is 8.69. The van der Waals surface area contributed by atoms with E-state index < -0.39 is 10.0 Å². The Hall–Kier alpha value is -1.42. The molecular formula is C15H21N3O2S. The molecule has 0 heterocycles. The average Bonchev–Trinajstić information content (AvgIpc) is 2.47. The number of hydrogen-bond acceptors (Lipinski definition) is 4. The zero-order valence-electron chi connectivity index (χ0n) is 12.2. The molecule has 0 bridgehead atoms. The first-order chi connectivity index (χ1) is 9.97. The van der Waals surface area contributed by atoms with Gasteiger partial charge in [0.15, 0.2) is 0 Å². The van der Waals surface area contributed by atoms with E-state index in [0.717, 1.165) is 25.7 Å². The first kappa shape index (κ1) is 16.0. The summed E-state index contributed by atoms with van der Waals surface area (Å²) in [6, 6.07) is 6.54. The number of benzene rings is 1. The molecule has 0 radical (unpaired) electrons. The van der Waals surface area contributed by atoms with Gasteiger partial charge in [0.25, 0.3) is 0 Å². The van der Waals surface area contributed by atoms with Gasteiger partial charge in [0.05, 0.1) is 16.5 Å². The summed E-state index contributed by atoms with van der Waals surface area (Å²) in [5.41, 5.74) is 6.79. The summed E-state index contributed by atoms with van der Waals surface area (Å²) in [7, 11) is -3.57. The Kier molecular flexibility index (Phi) is 4.99. The highest BCUT2D eigenvalue weighted by Crippen LogP contribution is 2.26. The van der Waals surface area contributed by atoms with Crippen molar-refractivity contribution in [1.82, 2.24) is 4.72 Å². The second-order valence-corrected chi connectivity index (χ2v) is 7.28. The van der Waals surface area contributed by atoms with Crippen molar-refractivity contribution in [3.8, 4) is 6.07 Å². The van der Waals surface area contributed by atoms with Gasteiger partial charge in [-0.05, 0) is 56.0 Å². The van der Waals surface area contributed by atoms with Crippen molar-refractivity contribution in [3.63, 3.8) is 0 Å². The number of nitrogens with two attached hydrogens (primary N) is 1. The molecule has 3 N–H and O–H groups in total. The minimum Gasteiger partial charge on any atom is -0.330 e. The fraction of sp³-hybridized carbons (Fsp3) is 0.533. The monoisotopic (exact) mass is 307 g/mol. The Morgan fingerprint density at radius 2 is 2.10 bits per heavy atom. The highest BCUT2D eigenvalue weighted by Gasteiger charge is 2.29. The van der Waals surface area contributed by atoms with Crippen molar-refractivity contribution >= 4 is 10.0 Å². The Bertz CT molecular complexity index is 649. The van der Waals surface area contributed by atoms with Gasteiger partial charge in [-0.1, -0.05) is 12.8 Å². The lowest BCUT2D eigenvalue weighted by molar-refractivity contribution is 0.296. The van der Waals surface area contributed by atoms with Crippen molar-refractivity contribution in [2.45, 2.75) is 43.5 Å². The number of hydrogen-bond donors (Lipinski definition) is 2. The van der Waals surface area contributed by atoms with E-state index in [1.54, 1.807) is 13.0 Å². The molecule has 1 saturated carbocycles. The van der Waals surface area contributed by atoms with Crippen LogP contribution < -0.4 is 10.5 Å². The molecule has 0 spiro atoms. The molecular weight excluding hydrogens is 286 g/mol. The third-order valence-corrected chi connectivity index (χ3v) is 5.76. The molecule has 0 unspecified atom stereocenters. The standard InChI is InChI=1S/C15H21N3O2S/c1-11-8-12(9-16)6-7-15(11)21(19,20)18-14-5-3-2-4-13(14)10-17/h6-8,13-14,18H,2-5,10,17H2,1H3/t13-,14+/m1/s1. The van der Waals surface area contributed by atoms with Gasteiger partial charge < -0.3 is 5.73 Å². The predicted octanol–water partition coefficient (Wildman–Crippen LogP) is 1.66. The van der Waals surface area contributed by atoms with E-state index in [1.165, 1.54) is 12.1 Å². The summed E-state index contributed by atoms with van der Waals surface area (Å²) in [6.07, 6.45) is 3.93. The van der Waals surface area contributed by atoms with E-state index in [4.69, 9.17) is 11.0 Å². The van der Waals surface area contributed by atoms with Gasteiger partial charge in [0, 0.05) is 6.04 Å². The lowest BCUT2D eigenvalue weighted by Crippen LogP contribution is -2.44. The van der Waals surface area contributed by atoms with E-state index in [1.807, 2.05) is 6.07 Å². The second-order valence-electron chi connectivity index (χ2n) is 5.60. The first-order valence-electron chi connectivity index (χ1n) is 7.21. The van der Waals surface area contributed by atoms with Gasteiger partial charge in [-0.2, -0.15) is 5.26 Å². The number of nitriles is 1. The molecule has 1 aliphatic rings. The van der Waals surface area contributed by atoms with E-state index in [-0.39, 0.29) is 16.9 Å². The number of sulfonamides is 1. The van der Waals surface area contributed by atoms with Gasteiger partial charge in [0.1, 0.15) is 0 Å². The molecule has 1 aliphatic carbocycles. The summed E-state index contributed by atoms with van der Waals surface area (Å²) in [6.45, 7) is 2.20. The van der Waals surface area contributed by atoms with E-state index in [0.29, 0.717) is 17.7 Å². The second kappa shape index (κ2) is 6.56. The maximum atomic E-state index is 12.5. The molecule has 114 valence electrons. The fourth-order valence-corrected chi connectivity index (χ4v) is 4.49.